The summed E-state index contributed by atoms with van der Waals surface area (Å²) in [6.07, 6.45) is 0.0292. The molecule has 0 saturated heterocycles. The second kappa shape index (κ2) is 6.23. The number of halogens is 3. The number of carbonyl (C=O) groups is 1. The summed E-state index contributed by atoms with van der Waals surface area (Å²) in [5.41, 5.74) is 1.00. The van der Waals surface area contributed by atoms with E-state index in [1.807, 2.05) is 0 Å². The van der Waals surface area contributed by atoms with Crippen molar-refractivity contribution in [2.75, 3.05) is 0 Å². The van der Waals surface area contributed by atoms with E-state index in [1.54, 1.807) is 6.07 Å². The lowest BCUT2D eigenvalue weighted by molar-refractivity contribution is -0.120. The molecule has 0 aliphatic rings. The highest BCUT2D eigenvalue weighted by Crippen LogP contribution is 2.09. The van der Waals surface area contributed by atoms with E-state index in [0.717, 1.165) is 12.1 Å². The van der Waals surface area contributed by atoms with Gasteiger partial charge in [-0.3, -0.25) is 4.79 Å². The molecule has 20 heavy (non-hydrogen) atoms. The Morgan fingerprint density at radius 2 is 1.75 bits per heavy atom. The molecule has 0 aliphatic heterocycles. The monoisotopic (exact) mass is 279 g/mol. The fourth-order valence-electron chi connectivity index (χ4n) is 1.75. The van der Waals surface area contributed by atoms with Gasteiger partial charge < -0.3 is 5.32 Å². The van der Waals surface area contributed by atoms with Gasteiger partial charge in [-0.25, -0.2) is 13.2 Å². The average molecular weight is 279 g/mol. The molecule has 0 aromatic heterocycles. The van der Waals surface area contributed by atoms with E-state index in [2.05, 4.69) is 5.32 Å². The average Bonchev–Trinajstić information content (AvgIpc) is 2.40. The summed E-state index contributed by atoms with van der Waals surface area (Å²) in [6, 6.07) is 9.15. The predicted molar refractivity (Wildman–Crippen MR) is 68.3 cm³/mol. The molecule has 2 aromatic carbocycles. The summed E-state index contributed by atoms with van der Waals surface area (Å²) >= 11 is 0. The largest absolute Gasteiger partial charge is 0.352 e. The normalized spacial score (nSPS) is 10.3. The molecule has 0 unspecified atom stereocenters. The van der Waals surface area contributed by atoms with Crippen molar-refractivity contribution in [1.29, 1.82) is 0 Å². The Morgan fingerprint density at radius 3 is 2.45 bits per heavy atom. The summed E-state index contributed by atoms with van der Waals surface area (Å²) in [4.78, 5) is 11.6. The molecule has 104 valence electrons. The molecule has 0 fully saturated rings. The summed E-state index contributed by atoms with van der Waals surface area (Å²) < 4.78 is 38.6. The number of rotatable bonds is 4. The number of nitrogens with one attached hydrogen (secondary N) is 1. The maximum Gasteiger partial charge on any atom is 0.224 e. The van der Waals surface area contributed by atoms with Crippen molar-refractivity contribution < 1.29 is 18.0 Å². The highest BCUT2D eigenvalue weighted by atomic mass is 19.2. The van der Waals surface area contributed by atoms with Crippen LogP contribution >= 0.6 is 0 Å². The van der Waals surface area contributed by atoms with Crippen LogP contribution in [0.3, 0.4) is 0 Å². The zero-order valence-corrected chi connectivity index (χ0v) is 10.5. The molecule has 0 atom stereocenters. The van der Waals surface area contributed by atoms with Crippen LogP contribution in [0.5, 0.6) is 0 Å². The molecular formula is C15H12F3NO. The Hall–Kier alpha value is -2.30. The smallest absolute Gasteiger partial charge is 0.224 e. The Kier molecular flexibility index (Phi) is 4.40. The Bertz CT molecular complexity index is 628. The molecule has 2 aromatic rings. The van der Waals surface area contributed by atoms with Gasteiger partial charge in [-0.15, -0.1) is 0 Å². The van der Waals surface area contributed by atoms with Crippen LogP contribution in [0, 0.1) is 17.5 Å². The number of carbonyl (C=O) groups excluding carboxylic acids is 1. The number of hydrogen-bond donors (Lipinski definition) is 1. The summed E-state index contributed by atoms with van der Waals surface area (Å²) in [7, 11) is 0. The van der Waals surface area contributed by atoms with E-state index >= 15 is 0 Å². The molecular weight excluding hydrogens is 267 g/mol. The minimum Gasteiger partial charge on any atom is -0.352 e. The van der Waals surface area contributed by atoms with Crippen LogP contribution < -0.4 is 5.32 Å². The lowest BCUT2D eigenvalue weighted by Crippen LogP contribution is -2.24. The van der Waals surface area contributed by atoms with Crippen LogP contribution in [0.15, 0.2) is 42.5 Å². The van der Waals surface area contributed by atoms with Crippen LogP contribution in [0.4, 0.5) is 13.2 Å². The fourth-order valence-corrected chi connectivity index (χ4v) is 1.75. The second-order valence-corrected chi connectivity index (χ2v) is 4.33. The van der Waals surface area contributed by atoms with E-state index in [9.17, 15) is 18.0 Å². The van der Waals surface area contributed by atoms with E-state index < -0.39 is 17.5 Å². The lowest BCUT2D eigenvalue weighted by Gasteiger charge is -2.06. The molecule has 0 heterocycles. The fraction of sp³-hybridized carbons (Fsp3) is 0.133. The van der Waals surface area contributed by atoms with Crippen LogP contribution in [-0.4, -0.2) is 5.91 Å². The first-order chi connectivity index (χ1) is 9.54. The topological polar surface area (TPSA) is 29.1 Å². The maximum absolute atomic E-state index is 13.0. The first kappa shape index (κ1) is 14.1. The molecule has 0 spiro atoms. The predicted octanol–water partition coefficient (Wildman–Crippen LogP) is 2.96. The lowest BCUT2D eigenvalue weighted by atomic mass is 10.1. The van der Waals surface area contributed by atoms with Crippen molar-refractivity contribution in [1.82, 2.24) is 5.32 Å². The van der Waals surface area contributed by atoms with Gasteiger partial charge in [0.1, 0.15) is 5.82 Å². The van der Waals surface area contributed by atoms with Crippen molar-refractivity contribution in [3.63, 3.8) is 0 Å². The van der Waals surface area contributed by atoms with E-state index in [4.69, 9.17) is 0 Å². The number of hydrogen-bond acceptors (Lipinski definition) is 1. The van der Waals surface area contributed by atoms with E-state index in [0.29, 0.717) is 11.1 Å². The third kappa shape index (κ3) is 3.85. The summed E-state index contributed by atoms with van der Waals surface area (Å²) in [5, 5.41) is 2.56. The van der Waals surface area contributed by atoms with Gasteiger partial charge in [-0.2, -0.15) is 0 Å². The van der Waals surface area contributed by atoms with Crippen molar-refractivity contribution in [3.05, 3.63) is 71.0 Å². The molecule has 5 heteroatoms. The van der Waals surface area contributed by atoms with Gasteiger partial charge in [0.15, 0.2) is 11.6 Å². The highest BCUT2D eigenvalue weighted by Gasteiger charge is 2.06. The zero-order chi connectivity index (χ0) is 14.5. The van der Waals surface area contributed by atoms with Gasteiger partial charge in [0.25, 0.3) is 0 Å². The van der Waals surface area contributed by atoms with E-state index in [-0.39, 0.29) is 18.9 Å². The van der Waals surface area contributed by atoms with E-state index in [1.165, 1.54) is 24.3 Å². The maximum atomic E-state index is 13.0. The Balaban J connectivity index is 1.90. The van der Waals surface area contributed by atoms with Crippen LogP contribution in [0.1, 0.15) is 11.1 Å². The van der Waals surface area contributed by atoms with Crippen molar-refractivity contribution in [2.45, 2.75) is 13.0 Å². The molecule has 0 saturated carbocycles. The minimum absolute atomic E-state index is 0.0292. The standard InChI is InChI=1S/C15H12F3NO/c16-12-3-1-2-10(6-12)8-15(20)19-9-11-4-5-13(17)14(18)7-11/h1-7H,8-9H2,(H,19,20). The number of amides is 1. The minimum atomic E-state index is -0.957. The first-order valence-corrected chi connectivity index (χ1v) is 5.99. The molecule has 2 nitrogen and oxygen atoms in total. The van der Waals surface area contributed by atoms with Gasteiger partial charge in [-0.05, 0) is 35.4 Å². The molecule has 1 amide bonds. The quantitative estimate of drug-likeness (QED) is 0.916. The molecule has 2 rings (SSSR count). The third-order valence-electron chi connectivity index (χ3n) is 2.73. The number of benzene rings is 2. The van der Waals surface area contributed by atoms with Gasteiger partial charge in [0.05, 0.1) is 6.42 Å². The first-order valence-electron chi connectivity index (χ1n) is 5.99. The van der Waals surface area contributed by atoms with Gasteiger partial charge >= 0.3 is 0 Å². The van der Waals surface area contributed by atoms with Crippen molar-refractivity contribution >= 4 is 5.91 Å². The van der Waals surface area contributed by atoms with Crippen LogP contribution in [0.2, 0.25) is 0 Å². The highest BCUT2D eigenvalue weighted by molar-refractivity contribution is 5.78. The molecule has 0 bridgehead atoms. The Labute approximate surface area is 114 Å². The third-order valence-corrected chi connectivity index (χ3v) is 2.73. The van der Waals surface area contributed by atoms with Gasteiger partial charge in [0.2, 0.25) is 5.91 Å². The molecule has 1 N–H and O–H groups in total. The SMILES string of the molecule is O=C(Cc1cccc(F)c1)NCc1ccc(F)c(F)c1. The summed E-state index contributed by atoms with van der Waals surface area (Å²) in [6.45, 7) is 0.0886. The van der Waals surface area contributed by atoms with Crippen molar-refractivity contribution in [2.24, 2.45) is 0 Å². The second-order valence-electron chi connectivity index (χ2n) is 4.33. The summed E-state index contributed by atoms with van der Waals surface area (Å²) in [5.74, 6) is -2.61. The molecule has 0 radical (unpaired) electrons. The van der Waals surface area contributed by atoms with Crippen LogP contribution in [0.25, 0.3) is 0 Å². The van der Waals surface area contributed by atoms with Gasteiger partial charge in [-0.1, -0.05) is 18.2 Å². The van der Waals surface area contributed by atoms with Crippen molar-refractivity contribution in [3.8, 4) is 0 Å². The van der Waals surface area contributed by atoms with Gasteiger partial charge in [0, 0.05) is 6.54 Å². The molecule has 0 aliphatic carbocycles. The zero-order valence-electron chi connectivity index (χ0n) is 10.5. The Morgan fingerprint density at radius 1 is 0.950 bits per heavy atom. The van der Waals surface area contributed by atoms with Crippen LogP contribution in [-0.2, 0) is 17.8 Å².